The van der Waals surface area contributed by atoms with Gasteiger partial charge in [0.05, 0.1) is 0 Å². The van der Waals surface area contributed by atoms with Gasteiger partial charge in [0.15, 0.2) is 0 Å². The third-order valence-corrected chi connectivity index (χ3v) is 4.87. The molecule has 1 aromatic carbocycles. The van der Waals surface area contributed by atoms with Crippen LogP contribution in [0.2, 0.25) is 0 Å². The maximum atomic E-state index is 12.1. The van der Waals surface area contributed by atoms with Gasteiger partial charge in [-0.15, -0.1) is 0 Å². The molecule has 0 spiro atoms. The van der Waals surface area contributed by atoms with E-state index in [2.05, 4.69) is 24.1 Å². The molecule has 0 bridgehead atoms. The number of nitrogens with two attached hydrogens (primary N) is 1. The molecule has 24 heavy (non-hydrogen) atoms. The van der Waals surface area contributed by atoms with Crippen molar-refractivity contribution in [2.24, 2.45) is 11.7 Å². The van der Waals surface area contributed by atoms with E-state index in [1.807, 2.05) is 24.3 Å². The summed E-state index contributed by atoms with van der Waals surface area (Å²) in [6, 6.07) is 7.76. The Morgan fingerprint density at radius 1 is 1.25 bits per heavy atom. The van der Waals surface area contributed by atoms with Crippen molar-refractivity contribution in [2.75, 3.05) is 31.6 Å². The number of hydrogen-bond acceptors (Lipinski definition) is 4. The van der Waals surface area contributed by atoms with Crippen LogP contribution in [-0.2, 0) is 4.79 Å². The molecule has 5 heteroatoms. The van der Waals surface area contributed by atoms with Gasteiger partial charge < -0.3 is 20.7 Å². The number of benzene rings is 1. The number of rotatable bonds is 9. The second-order valence-corrected chi connectivity index (χ2v) is 6.51. The number of amides is 1. The normalized spacial score (nSPS) is 20.3. The van der Waals surface area contributed by atoms with Gasteiger partial charge >= 0.3 is 0 Å². The summed E-state index contributed by atoms with van der Waals surface area (Å²) in [6.45, 7) is 7.98. The third-order valence-electron chi connectivity index (χ3n) is 4.87. The topological polar surface area (TPSA) is 67.6 Å². The maximum absolute atomic E-state index is 12.1. The average molecular weight is 333 g/mol. The third kappa shape index (κ3) is 5.80. The minimum absolute atomic E-state index is 0.0487. The van der Waals surface area contributed by atoms with Gasteiger partial charge in [-0.3, -0.25) is 4.79 Å². The molecular formula is C19H31N3O2. The number of anilines is 1. The Kier molecular flexibility index (Phi) is 7.53. The van der Waals surface area contributed by atoms with Crippen LogP contribution in [0, 0.1) is 5.92 Å². The summed E-state index contributed by atoms with van der Waals surface area (Å²) in [5, 5.41) is 2.95. The zero-order valence-corrected chi connectivity index (χ0v) is 15.0. The predicted molar refractivity (Wildman–Crippen MR) is 98.3 cm³/mol. The van der Waals surface area contributed by atoms with Crippen LogP contribution in [0.4, 0.5) is 5.69 Å². The summed E-state index contributed by atoms with van der Waals surface area (Å²) in [5.74, 6) is 1.21. The first-order chi connectivity index (χ1) is 11.6. The van der Waals surface area contributed by atoms with Crippen LogP contribution in [-0.4, -0.2) is 43.1 Å². The maximum Gasteiger partial charge on any atom is 0.224 e. The highest BCUT2D eigenvalue weighted by Crippen LogP contribution is 2.27. The zero-order valence-electron chi connectivity index (χ0n) is 15.0. The molecule has 1 aliphatic carbocycles. The molecule has 0 aromatic heterocycles. The Hall–Kier alpha value is -1.59. The van der Waals surface area contributed by atoms with E-state index in [1.165, 1.54) is 0 Å². The summed E-state index contributed by atoms with van der Waals surface area (Å²) in [5.41, 5.74) is 6.84. The van der Waals surface area contributed by atoms with Crippen LogP contribution in [0.15, 0.2) is 24.3 Å². The molecule has 5 nitrogen and oxygen atoms in total. The Balaban J connectivity index is 1.74. The Bertz CT molecular complexity index is 500. The number of likely N-dealkylation sites (N-methyl/N-ethyl adjacent to an activating group) is 1. The summed E-state index contributed by atoms with van der Waals surface area (Å²) in [7, 11) is 0. The largest absolute Gasteiger partial charge is 0.492 e. The SMILES string of the molecule is CCN(CC)CCOc1ccc(NC(=O)C[C@@H]2CCC[C@H]2N)cc1. The average Bonchev–Trinajstić information content (AvgIpc) is 2.98. The number of carbonyl (C=O) groups is 1. The van der Waals surface area contributed by atoms with Crippen molar-refractivity contribution in [3.8, 4) is 5.75 Å². The minimum atomic E-state index is 0.0487. The van der Waals surface area contributed by atoms with E-state index in [0.29, 0.717) is 18.9 Å². The van der Waals surface area contributed by atoms with Crippen LogP contribution in [0.25, 0.3) is 0 Å². The number of nitrogens with zero attached hydrogens (tertiary/aromatic N) is 1. The lowest BCUT2D eigenvalue weighted by atomic mass is 10.00. The van der Waals surface area contributed by atoms with Crippen LogP contribution in [0.1, 0.15) is 39.5 Å². The van der Waals surface area contributed by atoms with Gasteiger partial charge in [-0.1, -0.05) is 20.3 Å². The van der Waals surface area contributed by atoms with E-state index < -0.39 is 0 Å². The fourth-order valence-electron chi connectivity index (χ4n) is 3.24. The monoisotopic (exact) mass is 333 g/mol. The lowest BCUT2D eigenvalue weighted by Gasteiger charge is -2.18. The van der Waals surface area contributed by atoms with E-state index in [0.717, 1.165) is 50.3 Å². The highest BCUT2D eigenvalue weighted by molar-refractivity contribution is 5.90. The van der Waals surface area contributed by atoms with E-state index in [1.54, 1.807) is 0 Å². The van der Waals surface area contributed by atoms with Gasteiger partial charge in [-0.2, -0.15) is 0 Å². The molecule has 1 aromatic rings. The Morgan fingerprint density at radius 3 is 2.54 bits per heavy atom. The second kappa shape index (κ2) is 9.64. The highest BCUT2D eigenvalue weighted by Gasteiger charge is 2.25. The lowest BCUT2D eigenvalue weighted by molar-refractivity contribution is -0.117. The molecule has 134 valence electrons. The van der Waals surface area contributed by atoms with Crippen molar-refractivity contribution >= 4 is 11.6 Å². The number of carbonyl (C=O) groups excluding carboxylic acids is 1. The zero-order chi connectivity index (χ0) is 17.4. The van der Waals surface area contributed by atoms with Gasteiger partial charge in [0.25, 0.3) is 0 Å². The lowest BCUT2D eigenvalue weighted by Crippen LogP contribution is -2.28. The van der Waals surface area contributed by atoms with E-state index >= 15 is 0 Å². The molecule has 1 saturated carbocycles. The number of ether oxygens (including phenoxy) is 1. The fourth-order valence-corrected chi connectivity index (χ4v) is 3.24. The van der Waals surface area contributed by atoms with E-state index in [9.17, 15) is 4.79 Å². The molecule has 3 N–H and O–H groups in total. The summed E-state index contributed by atoms with van der Waals surface area (Å²) in [4.78, 5) is 14.4. The molecule has 0 unspecified atom stereocenters. The molecule has 1 fully saturated rings. The number of hydrogen-bond donors (Lipinski definition) is 2. The molecule has 2 atom stereocenters. The summed E-state index contributed by atoms with van der Waals surface area (Å²) >= 11 is 0. The molecule has 0 saturated heterocycles. The van der Waals surface area contributed by atoms with Crippen LogP contribution in [0.3, 0.4) is 0 Å². The smallest absolute Gasteiger partial charge is 0.224 e. The van der Waals surface area contributed by atoms with Gasteiger partial charge in [0.1, 0.15) is 12.4 Å². The van der Waals surface area contributed by atoms with Crippen LogP contribution in [0.5, 0.6) is 5.75 Å². The first-order valence-electron chi connectivity index (χ1n) is 9.13. The Morgan fingerprint density at radius 2 is 1.96 bits per heavy atom. The minimum Gasteiger partial charge on any atom is -0.492 e. The molecule has 1 aliphatic rings. The van der Waals surface area contributed by atoms with Crippen molar-refractivity contribution in [2.45, 2.75) is 45.6 Å². The van der Waals surface area contributed by atoms with Crippen molar-refractivity contribution in [1.82, 2.24) is 4.90 Å². The fraction of sp³-hybridized carbons (Fsp3) is 0.632. The molecule has 2 rings (SSSR count). The van der Waals surface area contributed by atoms with Gasteiger partial charge in [0, 0.05) is 24.7 Å². The van der Waals surface area contributed by atoms with E-state index in [-0.39, 0.29) is 11.9 Å². The molecule has 1 amide bonds. The summed E-state index contributed by atoms with van der Waals surface area (Å²) < 4.78 is 5.75. The van der Waals surface area contributed by atoms with Crippen molar-refractivity contribution in [1.29, 1.82) is 0 Å². The predicted octanol–water partition coefficient (Wildman–Crippen LogP) is 2.86. The van der Waals surface area contributed by atoms with Crippen LogP contribution < -0.4 is 15.8 Å². The summed E-state index contributed by atoms with van der Waals surface area (Å²) in [6.07, 6.45) is 3.76. The first kappa shape index (κ1) is 18.7. The van der Waals surface area contributed by atoms with E-state index in [4.69, 9.17) is 10.5 Å². The van der Waals surface area contributed by atoms with Gasteiger partial charge in [-0.05, 0) is 56.1 Å². The van der Waals surface area contributed by atoms with Crippen molar-refractivity contribution < 1.29 is 9.53 Å². The van der Waals surface area contributed by atoms with Gasteiger partial charge in [-0.25, -0.2) is 0 Å². The van der Waals surface area contributed by atoms with Crippen molar-refractivity contribution in [3.63, 3.8) is 0 Å². The molecule has 0 heterocycles. The van der Waals surface area contributed by atoms with Crippen LogP contribution >= 0.6 is 0 Å². The van der Waals surface area contributed by atoms with Gasteiger partial charge in [0.2, 0.25) is 5.91 Å². The standard InChI is InChI=1S/C19H31N3O2/c1-3-22(4-2)12-13-24-17-10-8-16(9-11-17)21-19(23)14-15-6-5-7-18(15)20/h8-11,15,18H,3-7,12-14,20H2,1-2H3,(H,21,23)/t15-,18+/m0/s1. The van der Waals surface area contributed by atoms with Crippen molar-refractivity contribution in [3.05, 3.63) is 24.3 Å². The molecular weight excluding hydrogens is 302 g/mol. The Labute approximate surface area is 145 Å². The first-order valence-corrected chi connectivity index (χ1v) is 9.13. The second-order valence-electron chi connectivity index (χ2n) is 6.51. The quantitative estimate of drug-likeness (QED) is 0.729. The molecule has 0 aliphatic heterocycles. The highest BCUT2D eigenvalue weighted by atomic mass is 16.5. The number of nitrogens with one attached hydrogen (secondary N) is 1. The molecule has 0 radical (unpaired) electrons.